The van der Waals surface area contributed by atoms with Crippen LogP contribution >= 0.6 is 0 Å². The normalized spacial score (nSPS) is 28.1. The van der Waals surface area contributed by atoms with Crippen LogP contribution in [0, 0.1) is 23.7 Å². The first-order chi connectivity index (χ1) is 14.9. The number of nitrogens with zero attached hydrogens (tertiary/aromatic N) is 2. The van der Waals surface area contributed by atoms with Gasteiger partial charge in [0.05, 0.1) is 0 Å². The SMILES string of the molecule is CC1CCC(CN2Cc3cc(C(=O)NCC4CCN(C)CC4)ccc3[C@@H]2C(C)C)CC1. The topological polar surface area (TPSA) is 35.6 Å². The van der Waals surface area contributed by atoms with Crippen LogP contribution in [-0.2, 0) is 6.54 Å². The Morgan fingerprint density at radius 1 is 1.06 bits per heavy atom. The second-order valence-electron chi connectivity index (χ2n) is 11.1. The van der Waals surface area contributed by atoms with E-state index in [4.69, 9.17) is 0 Å². The first-order valence-corrected chi connectivity index (χ1v) is 12.7. The zero-order valence-electron chi connectivity index (χ0n) is 20.2. The van der Waals surface area contributed by atoms with Crippen molar-refractivity contribution in [3.8, 4) is 0 Å². The summed E-state index contributed by atoms with van der Waals surface area (Å²) in [4.78, 5) is 17.9. The number of nitrogens with one attached hydrogen (secondary N) is 1. The summed E-state index contributed by atoms with van der Waals surface area (Å²) in [5.74, 6) is 3.05. The molecule has 1 aromatic carbocycles. The van der Waals surface area contributed by atoms with Crippen LogP contribution in [0.25, 0.3) is 0 Å². The number of carbonyl (C=O) groups excluding carboxylic acids is 1. The van der Waals surface area contributed by atoms with Crippen molar-refractivity contribution >= 4 is 5.91 Å². The number of likely N-dealkylation sites (tertiary alicyclic amines) is 1. The maximum Gasteiger partial charge on any atom is 0.251 e. The molecule has 0 radical (unpaired) electrons. The Morgan fingerprint density at radius 2 is 1.77 bits per heavy atom. The van der Waals surface area contributed by atoms with Gasteiger partial charge in [-0.2, -0.15) is 0 Å². The van der Waals surface area contributed by atoms with Crippen molar-refractivity contribution in [1.82, 2.24) is 15.1 Å². The average Bonchev–Trinajstić information content (AvgIpc) is 3.12. The second-order valence-corrected chi connectivity index (χ2v) is 11.1. The van der Waals surface area contributed by atoms with Gasteiger partial charge in [-0.15, -0.1) is 0 Å². The average molecular weight is 426 g/mol. The fraction of sp³-hybridized carbons (Fsp3) is 0.741. The molecule has 1 saturated carbocycles. The highest BCUT2D eigenvalue weighted by atomic mass is 16.1. The Hall–Kier alpha value is -1.39. The van der Waals surface area contributed by atoms with E-state index in [9.17, 15) is 4.79 Å². The fourth-order valence-corrected chi connectivity index (χ4v) is 6.09. The molecule has 0 bridgehead atoms. The van der Waals surface area contributed by atoms with Crippen molar-refractivity contribution in [3.05, 3.63) is 34.9 Å². The monoisotopic (exact) mass is 425 g/mol. The second kappa shape index (κ2) is 10.0. The van der Waals surface area contributed by atoms with Crippen LogP contribution in [0.2, 0.25) is 0 Å². The van der Waals surface area contributed by atoms with Crippen LogP contribution in [0.5, 0.6) is 0 Å². The lowest BCUT2D eigenvalue weighted by Crippen LogP contribution is -2.36. The maximum absolute atomic E-state index is 12.9. The van der Waals surface area contributed by atoms with Gasteiger partial charge in [0.1, 0.15) is 0 Å². The number of carbonyl (C=O) groups is 1. The summed E-state index contributed by atoms with van der Waals surface area (Å²) in [6.45, 7) is 12.4. The minimum atomic E-state index is 0.0996. The van der Waals surface area contributed by atoms with Gasteiger partial charge >= 0.3 is 0 Å². The van der Waals surface area contributed by atoms with Gasteiger partial charge in [-0.3, -0.25) is 9.69 Å². The van der Waals surface area contributed by atoms with Crippen LogP contribution in [0.15, 0.2) is 18.2 Å². The summed E-state index contributed by atoms with van der Waals surface area (Å²) in [5.41, 5.74) is 3.66. The lowest BCUT2D eigenvalue weighted by Gasteiger charge is -2.34. The highest BCUT2D eigenvalue weighted by molar-refractivity contribution is 5.94. The Morgan fingerprint density at radius 3 is 2.45 bits per heavy atom. The smallest absolute Gasteiger partial charge is 0.251 e. The zero-order chi connectivity index (χ0) is 22.0. The quantitative estimate of drug-likeness (QED) is 0.689. The van der Waals surface area contributed by atoms with E-state index in [2.05, 4.69) is 61.1 Å². The third-order valence-corrected chi connectivity index (χ3v) is 8.14. The van der Waals surface area contributed by atoms with E-state index in [0.29, 0.717) is 17.9 Å². The summed E-state index contributed by atoms with van der Waals surface area (Å²) in [5, 5.41) is 3.22. The number of piperidine rings is 1. The van der Waals surface area contributed by atoms with Crippen LogP contribution in [0.3, 0.4) is 0 Å². The first kappa shape index (κ1) is 22.8. The lowest BCUT2D eigenvalue weighted by molar-refractivity contribution is 0.0939. The van der Waals surface area contributed by atoms with Crippen molar-refractivity contribution in [2.45, 2.75) is 71.9 Å². The van der Waals surface area contributed by atoms with Gasteiger partial charge < -0.3 is 10.2 Å². The molecule has 0 spiro atoms. The molecule has 0 unspecified atom stereocenters. The number of hydrogen-bond acceptors (Lipinski definition) is 3. The fourth-order valence-electron chi connectivity index (χ4n) is 6.09. The lowest BCUT2D eigenvalue weighted by atomic mass is 9.82. The molecule has 172 valence electrons. The predicted octanol–water partition coefficient (Wildman–Crippen LogP) is 5.10. The summed E-state index contributed by atoms with van der Waals surface area (Å²) in [6.07, 6.45) is 7.91. The van der Waals surface area contributed by atoms with Crippen LogP contribution in [0.4, 0.5) is 0 Å². The highest BCUT2D eigenvalue weighted by Gasteiger charge is 2.34. The van der Waals surface area contributed by atoms with E-state index in [-0.39, 0.29) is 5.91 Å². The molecule has 1 saturated heterocycles. The molecule has 4 heteroatoms. The Labute approximate surface area is 189 Å². The molecular weight excluding hydrogens is 382 g/mol. The summed E-state index contributed by atoms with van der Waals surface area (Å²) in [6, 6.07) is 6.97. The van der Waals surface area contributed by atoms with Gasteiger partial charge in [0.2, 0.25) is 0 Å². The summed E-state index contributed by atoms with van der Waals surface area (Å²) < 4.78 is 0. The Balaban J connectivity index is 1.38. The molecule has 1 N–H and O–H groups in total. The van der Waals surface area contributed by atoms with Crippen LogP contribution in [-0.4, -0.2) is 48.9 Å². The highest BCUT2D eigenvalue weighted by Crippen LogP contribution is 2.41. The molecule has 1 atom stereocenters. The van der Waals surface area contributed by atoms with Crippen LogP contribution in [0.1, 0.15) is 86.8 Å². The van der Waals surface area contributed by atoms with Gasteiger partial charge in [0.25, 0.3) is 5.91 Å². The molecular formula is C27H43N3O. The van der Waals surface area contributed by atoms with Gasteiger partial charge in [0.15, 0.2) is 0 Å². The van der Waals surface area contributed by atoms with Crippen molar-refractivity contribution in [1.29, 1.82) is 0 Å². The van der Waals surface area contributed by atoms with E-state index in [1.807, 2.05) is 0 Å². The summed E-state index contributed by atoms with van der Waals surface area (Å²) in [7, 11) is 2.18. The standard InChI is InChI=1S/C27H43N3O/c1-19(2)26-25-10-9-23(27(31)28-16-21-11-13-29(4)14-12-21)15-24(25)18-30(26)17-22-7-5-20(3)6-8-22/h9-10,15,19-22,26H,5-8,11-14,16-18H2,1-4H3,(H,28,31)/t20?,22?,26-/m0/s1. The van der Waals surface area contributed by atoms with Crippen molar-refractivity contribution in [2.75, 3.05) is 33.2 Å². The van der Waals surface area contributed by atoms with E-state index in [0.717, 1.165) is 43.6 Å². The molecule has 3 aliphatic rings. The molecule has 4 nitrogen and oxygen atoms in total. The van der Waals surface area contributed by atoms with E-state index in [1.54, 1.807) is 0 Å². The summed E-state index contributed by atoms with van der Waals surface area (Å²) >= 11 is 0. The number of benzene rings is 1. The molecule has 2 heterocycles. The molecule has 0 aromatic heterocycles. The van der Waals surface area contributed by atoms with E-state index >= 15 is 0 Å². The van der Waals surface area contributed by atoms with Crippen LogP contribution < -0.4 is 5.32 Å². The van der Waals surface area contributed by atoms with E-state index < -0.39 is 0 Å². The number of rotatable bonds is 6. The molecule has 1 aliphatic carbocycles. The van der Waals surface area contributed by atoms with Gasteiger partial charge in [-0.1, -0.05) is 39.7 Å². The molecule has 1 amide bonds. The van der Waals surface area contributed by atoms with E-state index in [1.165, 1.54) is 56.2 Å². The third kappa shape index (κ3) is 5.51. The number of fused-ring (bicyclic) bond motifs is 1. The number of hydrogen-bond donors (Lipinski definition) is 1. The molecule has 31 heavy (non-hydrogen) atoms. The molecule has 1 aromatic rings. The number of amides is 1. The molecule has 2 fully saturated rings. The maximum atomic E-state index is 12.9. The largest absolute Gasteiger partial charge is 0.352 e. The minimum Gasteiger partial charge on any atom is -0.352 e. The first-order valence-electron chi connectivity index (χ1n) is 12.7. The van der Waals surface area contributed by atoms with Gasteiger partial charge in [0, 0.05) is 31.2 Å². The Bertz CT molecular complexity index is 745. The minimum absolute atomic E-state index is 0.0996. The third-order valence-electron chi connectivity index (χ3n) is 8.14. The van der Waals surface area contributed by atoms with Gasteiger partial charge in [-0.05, 0) is 92.8 Å². The van der Waals surface area contributed by atoms with Crippen molar-refractivity contribution in [3.63, 3.8) is 0 Å². The molecule has 4 rings (SSSR count). The van der Waals surface area contributed by atoms with Gasteiger partial charge in [-0.25, -0.2) is 0 Å². The van der Waals surface area contributed by atoms with Crippen molar-refractivity contribution in [2.24, 2.45) is 23.7 Å². The van der Waals surface area contributed by atoms with Crippen molar-refractivity contribution < 1.29 is 4.79 Å². The molecule has 2 aliphatic heterocycles. The predicted molar refractivity (Wildman–Crippen MR) is 128 cm³/mol. The zero-order valence-corrected chi connectivity index (χ0v) is 20.2. The Kier molecular flexibility index (Phi) is 7.38.